The Morgan fingerprint density at radius 1 is 1.56 bits per heavy atom. The Kier molecular flexibility index (Phi) is 4.10. The summed E-state index contributed by atoms with van der Waals surface area (Å²) in [4.78, 5) is 4.97. The molecule has 0 rings (SSSR count). The molecule has 2 nitrogen and oxygen atoms in total. The minimum Gasteiger partial charge on any atom is -0.393 e. The van der Waals surface area contributed by atoms with Crippen molar-refractivity contribution < 1.29 is 4.84 Å². The lowest BCUT2D eigenvalue weighted by Gasteiger charge is -2.15. The van der Waals surface area contributed by atoms with Crippen LogP contribution in [0.2, 0.25) is 0 Å². The van der Waals surface area contributed by atoms with Crippen LogP contribution in [0.25, 0.3) is 0 Å². The van der Waals surface area contributed by atoms with E-state index in [-0.39, 0.29) is 6.10 Å². The molecule has 0 radical (unpaired) electrons. The fraction of sp³-hybridized carbons (Fsp3) is 0.857. The molecule has 2 heteroatoms. The van der Waals surface area contributed by atoms with Gasteiger partial charge in [0.15, 0.2) is 0 Å². The van der Waals surface area contributed by atoms with E-state index in [0.717, 1.165) is 6.42 Å². The first kappa shape index (κ1) is 8.47. The van der Waals surface area contributed by atoms with Crippen molar-refractivity contribution in [2.24, 2.45) is 11.1 Å². The monoisotopic (exact) mass is 129 g/mol. The number of oxime groups is 1. The molecule has 0 aliphatic carbocycles. The average Bonchev–Trinajstić information content (AvgIpc) is 1.82. The molecule has 0 bridgehead atoms. The molecule has 9 heavy (non-hydrogen) atoms. The molecule has 0 aromatic carbocycles. The molecule has 0 spiro atoms. The molecular weight excluding hydrogens is 114 g/mol. The molecule has 0 N–H and O–H groups in total. The molecule has 54 valence electrons. The second-order valence-corrected chi connectivity index (χ2v) is 2.43. The molecule has 0 aliphatic rings. The Labute approximate surface area is 56.9 Å². The van der Waals surface area contributed by atoms with Gasteiger partial charge in [-0.3, -0.25) is 0 Å². The van der Waals surface area contributed by atoms with E-state index in [1.165, 1.54) is 0 Å². The third kappa shape index (κ3) is 3.12. The van der Waals surface area contributed by atoms with Gasteiger partial charge in [0, 0.05) is 6.72 Å². The molecule has 0 fully saturated rings. The first-order valence-corrected chi connectivity index (χ1v) is 3.34. The van der Waals surface area contributed by atoms with E-state index in [2.05, 4.69) is 32.6 Å². The summed E-state index contributed by atoms with van der Waals surface area (Å²) in [5, 5.41) is 3.38. The van der Waals surface area contributed by atoms with Gasteiger partial charge in [0.25, 0.3) is 0 Å². The molecule has 1 atom stereocenters. The smallest absolute Gasteiger partial charge is 0.129 e. The van der Waals surface area contributed by atoms with Gasteiger partial charge in [0.2, 0.25) is 0 Å². The molecule has 0 heterocycles. The summed E-state index contributed by atoms with van der Waals surface area (Å²) in [6.07, 6.45) is 1.24. The molecule has 0 aromatic rings. The van der Waals surface area contributed by atoms with Crippen LogP contribution in [-0.4, -0.2) is 12.8 Å². The van der Waals surface area contributed by atoms with Crippen LogP contribution in [0.1, 0.15) is 27.2 Å². The number of hydrogen-bond donors (Lipinski definition) is 0. The van der Waals surface area contributed by atoms with Crippen molar-refractivity contribution in [2.45, 2.75) is 33.3 Å². The lowest BCUT2D eigenvalue weighted by molar-refractivity contribution is 0.0260. The molecule has 1 unspecified atom stereocenters. The second-order valence-electron chi connectivity index (χ2n) is 2.43. The van der Waals surface area contributed by atoms with Crippen molar-refractivity contribution in [1.29, 1.82) is 0 Å². The highest BCUT2D eigenvalue weighted by molar-refractivity contribution is 5.21. The number of nitrogens with zero attached hydrogens (tertiary/aromatic N) is 1. The van der Waals surface area contributed by atoms with E-state index < -0.39 is 0 Å². The van der Waals surface area contributed by atoms with Gasteiger partial charge in [-0.25, -0.2) is 0 Å². The maximum atomic E-state index is 4.97. The van der Waals surface area contributed by atoms with E-state index in [1.54, 1.807) is 0 Å². The summed E-state index contributed by atoms with van der Waals surface area (Å²) in [7, 11) is 0. The highest BCUT2D eigenvalue weighted by Crippen LogP contribution is 2.09. The van der Waals surface area contributed by atoms with Gasteiger partial charge in [0.1, 0.15) is 6.10 Å². The van der Waals surface area contributed by atoms with Crippen molar-refractivity contribution in [3.8, 4) is 0 Å². The molecular formula is C7H15NO. The fourth-order valence-corrected chi connectivity index (χ4v) is 0.763. The van der Waals surface area contributed by atoms with Gasteiger partial charge in [-0.15, -0.1) is 5.16 Å². The average molecular weight is 129 g/mol. The van der Waals surface area contributed by atoms with Gasteiger partial charge in [-0.1, -0.05) is 20.8 Å². The van der Waals surface area contributed by atoms with E-state index in [0.29, 0.717) is 5.92 Å². The third-order valence-electron chi connectivity index (χ3n) is 1.36. The van der Waals surface area contributed by atoms with Crippen LogP contribution in [0.15, 0.2) is 5.16 Å². The lowest BCUT2D eigenvalue weighted by Crippen LogP contribution is -2.15. The lowest BCUT2D eigenvalue weighted by atomic mass is 10.1. The van der Waals surface area contributed by atoms with Crippen molar-refractivity contribution in [1.82, 2.24) is 0 Å². The third-order valence-corrected chi connectivity index (χ3v) is 1.36. The Morgan fingerprint density at radius 2 is 2.11 bits per heavy atom. The van der Waals surface area contributed by atoms with Gasteiger partial charge < -0.3 is 4.84 Å². The van der Waals surface area contributed by atoms with Crippen molar-refractivity contribution in [3.05, 3.63) is 0 Å². The van der Waals surface area contributed by atoms with Crippen molar-refractivity contribution >= 4 is 6.72 Å². The molecule has 0 aliphatic heterocycles. The second kappa shape index (κ2) is 4.36. The van der Waals surface area contributed by atoms with Crippen molar-refractivity contribution in [3.63, 3.8) is 0 Å². The standard InChI is InChI=1S/C7H15NO/c1-5-7(6(2)3)9-8-4/h6-7H,4-5H2,1-3H3. The minimum atomic E-state index is 0.238. The summed E-state index contributed by atoms with van der Waals surface area (Å²) >= 11 is 0. The topological polar surface area (TPSA) is 21.6 Å². The van der Waals surface area contributed by atoms with E-state index in [4.69, 9.17) is 4.84 Å². The Balaban J connectivity index is 3.53. The van der Waals surface area contributed by atoms with Crippen LogP contribution >= 0.6 is 0 Å². The quantitative estimate of drug-likeness (QED) is 0.420. The maximum Gasteiger partial charge on any atom is 0.129 e. The van der Waals surface area contributed by atoms with Crippen LogP contribution in [-0.2, 0) is 4.84 Å². The Morgan fingerprint density at radius 3 is 2.22 bits per heavy atom. The van der Waals surface area contributed by atoms with Crippen LogP contribution in [0.5, 0.6) is 0 Å². The van der Waals surface area contributed by atoms with Crippen LogP contribution in [0.4, 0.5) is 0 Å². The largest absolute Gasteiger partial charge is 0.393 e. The predicted molar refractivity (Wildman–Crippen MR) is 39.6 cm³/mol. The number of rotatable bonds is 4. The van der Waals surface area contributed by atoms with Crippen LogP contribution in [0, 0.1) is 5.92 Å². The molecule has 0 aromatic heterocycles. The highest BCUT2D eigenvalue weighted by atomic mass is 16.6. The first-order chi connectivity index (χ1) is 4.22. The summed E-state index contributed by atoms with van der Waals surface area (Å²) in [5.41, 5.74) is 0. The fourth-order valence-electron chi connectivity index (χ4n) is 0.763. The van der Waals surface area contributed by atoms with E-state index in [9.17, 15) is 0 Å². The molecule has 0 saturated carbocycles. The summed E-state index contributed by atoms with van der Waals surface area (Å²) in [6, 6.07) is 0. The van der Waals surface area contributed by atoms with Gasteiger partial charge in [-0.05, 0) is 12.3 Å². The van der Waals surface area contributed by atoms with Gasteiger partial charge in [-0.2, -0.15) is 0 Å². The zero-order valence-electron chi connectivity index (χ0n) is 6.42. The van der Waals surface area contributed by atoms with Crippen molar-refractivity contribution in [2.75, 3.05) is 0 Å². The summed E-state index contributed by atoms with van der Waals surface area (Å²) < 4.78 is 0. The summed E-state index contributed by atoms with van der Waals surface area (Å²) in [5.74, 6) is 0.528. The van der Waals surface area contributed by atoms with Crippen LogP contribution < -0.4 is 0 Å². The highest BCUT2D eigenvalue weighted by Gasteiger charge is 2.10. The van der Waals surface area contributed by atoms with E-state index in [1.807, 2.05) is 0 Å². The Bertz CT molecular complexity index is 81.0. The molecule has 0 saturated heterocycles. The zero-order valence-corrected chi connectivity index (χ0v) is 6.42. The minimum absolute atomic E-state index is 0.238. The predicted octanol–water partition coefficient (Wildman–Crippen LogP) is 2.05. The SMILES string of the molecule is C=NOC(CC)C(C)C. The zero-order chi connectivity index (χ0) is 7.28. The van der Waals surface area contributed by atoms with Crippen LogP contribution in [0.3, 0.4) is 0 Å². The number of hydrogen-bond acceptors (Lipinski definition) is 2. The maximum absolute atomic E-state index is 4.97. The molecule has 0 amide bonds. The Hall–Kier alpha value is -0.530. The summed E-state index contributed by atoms with van der Waals surface area (Å²) in [6.45, 7) is 9.56. The van der Waals surface area contributed by atoms with E-state index >= 15 is 0 Å². The first-order valence-electron chi connectivity index (χ1n) is 3.34. The van der Waals surface area contributed by atoms with Gasteiger partial charge >= 0.3 is 0 Å². The normalized spacial score (nSPS) is 13.3. The van der Waals surface area contributed by atoms with Gasteiger partial charge in [0.05, 0.1) is 0 Å².